The SMILES string of the molecule is CN(Cc1ccccc1)C(=O)Cn1cnc(S(=O)(=O)N2CCc3ccccc32)c1. The van der Waals surface area contributed by atoms with Crippen LogP contribution in [0.15, 0.2) is 72.1 Å². The first-order valence-corrected chi connectivity index (χ1v) is 10.8. The zero-order chi connectivity index (χ0) is 20.4. The summed E-state index contributed by atoms with van der Waals surface area (Å²) in [7, 11) is -2.03. The summed E-state index contributed by atoms with van der Waals surface area (Å²) in [5.74, 6) is -0.123. The van der Waals surface area contributed by atoms with Crippen LogP contribution in [0.4, 0.5) is 5.69 Å². The smallest absolute Gasteiger partial charge is 0.283 e. The third kappa shape index (κ3) is 3.88. The molecule has 0 atom stereocenters. The Bertz CT molecular complexity index is 1130. The molecule has 0 N–H and O–H groups in total. The summed E-state index contributed by atoms with van der Waals surface area (Å²) in [4.78, 5) is 18.2. The Kier molecular flexibility index (Phi) is 5.10. The highest BCUT2D eigenvalue weighted by molar-refractivity contribution is 7.92. The molecule has 150 valence electrons. The van der Waals surface area contributed by atoms with Crippen molar-refractivity contribution < 1.29 is 13.2 Å². The number of rotatable bonds is 6. The lowest BCUT2D eigenvalue weighted by Gasteiger charge is -2.18. The van der Waals surface area contributed by atoms with Crippen LogP contribution in [0, 0.1) is 0 Å². The molecule has 1 amide bonds. The maximum absolute atomic E-state index is 13.0. The van der Waals surface area contributed by atoms with Gasteiger partial charge in [0.25, 0.3) is 10.0 Å². The van der Waals surface area contributed by atoms with E-state index in [-0.39, 0.29) is 17.5 Å². The number of hydrogen-bond donors (Lipinski definition) is 0. The maximum Gasteiger partial charge on any atom is 0.283 e. The Morgan fingerprint density at radius 1 is 1.10 bits per heavy atom. The first-order valence-electron chi connectivity index (χ1n) is 9.35. The molecule has 3 aromatic rings. The fraction of sp³-hybridized carbons (Fsp3) is 0.238. The second-order valence-corrected chi connectivity index (χ2v) is 8.88. The monoisotopic (exact) mass is 410 g/mol. The van der Waals surface area contributed by atoms with Gasteiger partial charge in [-0.05, 0) is 23.6 Å². The first-order chi connectivity index (χ1) is 13.9. The Hall–Kier alpha value is -3.13. The van der Waals surface area contributed by atoms with Gasteiger partial charge in [-0.15, -0.1) is 0 Å². The van der Waals surface area contributed by atoms with Crippen LogP contribution in [-0.2, 0) is 34.3 Å². The summed E-state index contributed by atoms with van der Waals surface area (Å²) in [6.45, 7) is 0.916. The van der Waals surface area contributed by atoms with Crippen molar-refractivity contribution in [3.63, 3.8) is 0 Å². The highest BCUT2D eigenvalue weighted by atomic mass is 32.2. The highest BCUT2D eigenvalue weighted by Crippen LogP contribution is 2.32. The fourth-order valence-corrected chi connectivity index (χ4v) is 4.90. The molecule has 4 rings (SSSR count). The van der Waals surface area contributed by atoms with E-state index < -0.39 is 10.0 Å². The van der Waals surface area contributed by atoms with Gasteiger partial charge < -0.3 is 9.47 Å². The lowest BCUT2D eigenvalue weighted by molar-refractivity contribution is -0.131. The number of fused-ring (bicyclic) bond motifs is 1. The van der Waals surface area contributed by atoms with Crippen LogP contribution in [0.1, 0.15) is 11.1 Å². The van der Waals surface area contributed by atoms with Gasteiger partial charge in [0.2, 0.25) is 5.91 Å². The quantitative estimate of drug-likeness (QED) is 0.625. The summed E-state index contributed by atoms with van der Waals surface area (Å²) >= 11 is 0. The Morgan fingerprint density at radius 3 is 2.62 bits per heavy atom. The van der Waals surface area contributed by atoms with Gasteiger partial charge in [0.1, 0.15) is 6.54 Å². The van der Waals surface area contributed by atoms with Crippen LogP contribution in [0.25, 0.3) is 0 Å². The molecule has 1 aromatic heterocycles. The van der Waals surface area contributed by atoms with E-state index in [1.807, 2.05) is 48.5 Å². The van der Waals surface area contributed by atoms with E-state index in [4.69, 9.17) is 0 Å². The van der Waals surface area contributed by atoms with E-state index >= 15 is 0 Å². The number of nitrogens with zero attached hydrogens (tertiary/aromatic N) is 4. The average molecular weight is 410 g/mol. The van der Waals surface area contributed by atoms with Gasteiger partial charge in [-0.3, -0.25) is 9.10 Å². The predicted molar refractivity (Wildman–Crippen MR) is 110 cm³/mol. The van der Waals surface area contributed by atoms with E-state index in [1.165, 1.54) is 21.4 Å². The van der Waals surface area contributed by atoms with Gasteiger partial charge in [-0.25, -0.2) is 4.98 Å². The maximum atomic E-state index is 13.0. The van der Waals surface area contributed by atoms with Crippen LogP contribution in [0.2, 0.25) is 0 Å². The molecule has 7 nitrogen and oxygen atoms in total. The van der Waals surface area contributed by atoms with E-state index in [2.05, 4.69) is 4.98 Å². The first kappa shape index (κ1) is 19.2. The van der Waals surface area contributed by atoms with Crippen molar-refractivity contribution in [2.45, 2.75) is 24.5 Å². The number of sulfonamides is 1. The molecular weight excluding hydrogens is 388 g/mol. The minimum atomic E-state index is -3.76. The van der Waals surface area contributed by atoms with Gasteiger partial charge in [0.05, 0.1) is 12.0 Å². The summed E-state index contributed by atoms with van der Waals surface area (Å²) < 4.78 is 29.0. The van der Waals surface area contributed by atoms with E-state index in [9.17, 15) is 13.2 Å². The van der Waals surface area contributed by atoms with Crippen molar-refractivity contribution in [3.05, 3.63) is 78.2 Å². The van der Waals surface area contributed by atoms with Crippen LogP contribution in [0.5, 0.6) is 0 Å². The van der Waals surface area contributed by atoms with Crippen molar-refractivity contribution >= 4 is 21.6 Å². The summed E-state index contributed by atoms with van der Waals surface area (Å²) in [5, 5.41) is -0.0484. The normalized spacial score (nSPS) is 13.3. The number of likely N-dealkylation sites (N-methyl/N-ethyl adjacent to an activating group) is 1. The van der Waals surface area contributed by atoms with E-state index in [1.54, 1.807) is 18.0 Å². The van der Waals surface area contributed by atoms with Crippen LogP contribution < -0.4 is 4.31 Å². The van der Waals surface area contributed by atoms with Crippen molar-refractivity contribution in [2.75, 3.05) is 17.9 Å². The number of amides is 1. The molecular formula is C21H22N4O3S. The third-order valence-electron chi connectivity index (χ3n) is 5.01. The number of carbonyl (C=O) groups is 1. The fourth-order valence-electron chi connectivity index (χ4n) is 3.45. The summed E-state index contributed by atoms with van der Waals surface area (Å²) in [6.07, 6.45) is 3.49. The Morgan fingerprint density at radius 2 is 1.83 bits per heavy atom. The number of carbonyl (C=O) groups excluding carboxylic acids is 1. The second kappa shape index (κ2) is 7.71. The summed E-state index contributed by atoms with van der Waals surface area (Å²) in [5.41, 5.74) is 2.74. The minimum absolute atomic E-state index is 0.0302. The van der Waals surface area contributed by atoms with Gasteiger partial charge in [-0.2, -0.15) is 8.42 Å². The van der Waals surface area contributed by atoms with Crippen molar-refractivity contribution in [3.8, 4) is 0 Å². The van der Waals surface area contributed by atoms with Crippen molar-refractivity contribution in [1.29, 1.82) is 0 Å². The number of imidazole rings is 1. The van der Waals surface area contributed by atoms with E-state index in [0.29, 0.717) is 25.2 Å². The zero-order valence-corrected chi connectivity index (χ0v) is 16.9. The molecule has 0 aliphatic carbocycles. The molecule has 29 heavy (non-hydrogen) atoms. The van der Waals surface area contributed by atoms with Crippen LogP contribution >= 0.6 is 0 Å². The number of benzene rings is 2. The van der Waals surface area contributed by atoms with Crippen LogP contribution in [-0.4, -0.2) is 42.4 Å². The van der Waals surface area contributed by atoms with Gasteiger partial charge in [-0.1, -0.05) is 48.5 Å². The summed E-state index contributed by atoms with van der Waals surface area (Å²) in [6, 6.07) is 17.2. The molecule has 0 saturated heterocycles. The lowest BCUT2D eigenvalue weighted by Crippen LogP contribution is -2.30. The van der Waals surface area contributed by atoms with Crippen molar-refractivity contribution in [2.24, 2.45) is 0 Å². The molecule has 0 bridgehead atoms. The Balaban J connectivity index is 1.46. The largest absolute Gasteiger partial charge is 0.340 e. The molecule has 2 aromatic carbocycles. The average Bonchev–Trinajstić information content (AvgIpc) is 3.36. The molecule has 0 unspecified atom stereocenters. The zero-order valence-electron chi connectivity index (χ0n) is 16.1. The molecule has 8 heteroatoms. The number of hydrogen-bond acceptors (Lipinski definition) is 4. The lowest BCUT2D eigenvalue weighted by atomic mass is 10.2. The third-order valence-corrected chi connectivity index (χ3v) is 6.71. The molecule has 0 saturated carbocycles. The Labute approximate surface area is 170 Å². The van der Waals surface area contributed by atoms with Gasteiger partial charge in [0.15, 0.2) is 5.03 Å². The molecule has 0 radical (unpaired) electrons. The number of para-hydroxylation sites is 1. The molecule has 2 heterocycles. The standard InChI is InChI=1S/C21H22N4O3S/c1-23(13-17-7-3-2-4-8-17)21(26)15-24-14-20(22-16-24)29(27,28)25-12-11-18-9-5-6-10-19(18)25/h2-10,14,16H,11-13,15H2,1H3. The van der Waals surface area contributed by atoms with Crippen molar-refractivity contribution in [1.82, 2.24) is 14.5 Å². The highest BCUT2D eigenvalue weighted by Gasteiger charge is 2.32. The molecule has 0 spiro atoms. The molecule has 1 aliphatic heterocycles. The number of anilines is 1. The minimum Gasteiger partial charge on any atom is -0.340 e. The predicted octanol–water partition coefficient (Wildman–Crippen LogP) is 2.29. The molecule has 0 fully saturated rings. The van der Waals surface area contributed by atoms with Gasteiger partial charge >= 0.3 is 0 Å². The second-order valence-electron chi connectivity index (χ2n) is 7.08. The van der Waals surface area contributed by atoms with Crippen LogP contribution in [0.3, 0.4) is 0 Å². The molecule has 1 aliphatic rings. The van der Waals surface area contributed by atoms with E-state index in [0.717, 1.165) is 11.1 Å². The number of aromatic nitrogens is 2. The topological polar surface area (TPSA) is 75.5 Å². The van der Waals surface area contributed by atoms with Gasteiger partial charge in [0, 0.05) is 26.3 Å².